The van der Waals surface area contributed by atoms with E-state index < -0.39 is 18.2 Å². The van der Waals surface area contributed by atoms with Crippen LogP contribution in [0.25, 0.3) is 0 Å². The van der Waals surface area contributed by atoms with Crippen molar-refractivity contribution in [2.75, 3.05) is 6.54 Å². The molecule has 0 aromatic rings. The topological polar surface area (TPSA) is 95.9 Å². The van der Waals surface area contributed by atoms with Crippen LogP contribution < -0.4 is 5.32 Å². The smallest absolute Gasteiger partial charge is 0.332 e. The van der Waals surface area contributed by atoms with Crippen LogP contribution in [0.3, 0.4) is 0 Å². The molecule has 2 rings (SSSR count). The summed E-state index contributed by atoms with van der Waals surface area (Å²) in [4.78, 5) is 22.4. The van der Waals surface area contributed by atoms with Gasteiger partial charge in [0.2, 0.25) is 5.91 Å². The molecule has 1 saturated heterocycles. The zero-order chi connectivity index (χ0) is 13.1. The zero-order valence-corrected chi connectivity index (χ0v) is 10.2. The van der Waals surface area contributed by atoms with Crippen LogP contribution in [0, 0.1) is 5.92 Å². The van der Waals surface area contributed by atoms with Crippen LogP contribution in [0.4, 0.5) is 0 Å². The monoisotopic (exact) mass is 257 g/mol. The number of hydrogen-bond donors (Lipinski definition) is 3. The first-order chi connectivity index (χ1) is 8.56. The summed E-state index contributed by atoms with van der Waals surface area (Å²) in [5.41, 5.74) is 0. The highest BCUT2D eigenvalue weighted by atomic mass is 16.5. The van der Waals surface area contributed by atoms with Crippen molar-refractivity contribution in [3.05, 3.63) is 0 Å². The molecule has 1 saturated carbocycles. The van der Waals surface area contributed by atoms with E-state index in [1.165, 1.54) is 0 Å². The molecule has 1 aliphatic heterocycles. The van der Waals surface area contributed by atoms with Gasteiger partial charge >= 0.3 is 5.97 Å². The van der Waals surface area contributed by atoms with Crippen LogP contribution in [-0.4, -0.2) is 46.9 Å². The van der Waals surface area contributed by atoms with Gasteiger partial charge in [-0.05, 0) is 38.0 Å². The van der Waals surface area contributed by atoms with Crippen molar-refractivity contribution in [1.82, 2.24) is 5.32 Å². The maximum Gasteiger partial charge on any atom is 0.332 e. The molecule has 6 heteroatoms. The van der Waals surface area contributed by atoms with Crippen LogP contribution in [0.5, 0.6) is 0 Å². The zero-order valence-electron chi connectivity index (χ0n) is 10.2. The average molecular weight is 257 g/mol. The molecular formula is C12H19NO5. The van der Waals surface area contributed by atoms with E-state index in [1.807, 2.05) is 0 Å². The van der Waals surface area contributed by atoms with Crippen LogP contribution >= 0.6 is 0 Å². The predicted molar refractivity (Wildman–Crippen MR) is 61.9 cm³/mol. The lowest BCUT2D eigenvalue weighted by Gasteiger charge is -2.14. The van der Waals surface area contributed by atoms with Gasteiger partial charge in [-0.15, -0.1) is 0 Å². The minimum absolute atomic E-state index is 0.236. The fourth-order valence-electron chi connectivity index (χ4n) is 2.60. The Morgan fingerprint density at radius 3 is 2.44 bits per heavy atom. The molecule has 0 aromatic heterocycles. The first-order valence-corrected chi connectivity index (χ1v) is 6.40. The lowest BCUT2D eigenvalue weighted by molar-refractivity contribution is -0.151. The molecule has 3 N–H and O–H groups in total. The third-order valence-corrected chi connectivity index (χ3v) is 3.67. The van der Waals surface area contributed by atoms with Crippen molar-refractivity contribution in [2.24, 2.45) is 5.92 Å². The Labute approximate surface area is 105 Å². The molecule has 1 amide bonds. The normalized spacial score (nSPS) is 35.6. The number of rotatable bonds is 4. The number of carboxylic acid groups (broad SMARTS) is 1. The Balaban J connectivity index is 1.71. The number of aliphatic hydroxyl groups excluding tert-OH is 1. The fourth-order valence-corrected chi connectivity index (χ4v) is 2.60. The second-order valence-electron chi connectivity index (χ2n) is 5.11. The number of carbonyl (C=O) groups is 2. The van der Waals surface area contributed by atoms with Crippen LogP contribution in [0.15, 0.2) is 0 Å². The molecule has 102 valence electrons. The molecular weight excluding hydrogens is 238 g/mol. The van der Waals surface area contributed by atoms with Crippen molar-refractivity contribution in [2.45, 2.75) is 50.4 Å². The minimum Gasteiger partial charge on any atom is -0.479 e. The van der Waals surface area contributed by atoms with E-state index in [1.54, 1.807) is 0 Å². The van der Waals surface area contributed by atoms with E-state index in [-0.39, 0.29) is 12.0 Å². The second kappa shape index (κ2) is 5.67. The van der Waals surface area contributed by atoms with Crippen molar-refractivity contribution in [3.63, 3.8) is 0 Å². The number of amides is 1. The first kappa shape index (κ1) is 13.3. The number of aliphatic carboxylic acids is 1. The number of hydrogen-bond acceptors (Lipinski definition) is 4. The standard InChI is InChI=1S/C12H19NO5/c14-8-2-1-7(5-8)6-13-11(15)9-3-4-10(18-9)12(16)17/h7-10,14H,1-6H2,(H,13,15)(H,16,17). The van der Waals surface area contributed by atoms with Crippen molar-refractivity contribution in [3.8, 4) is 0 Å². The summed E-state index contributed by atoms with van der Waals surface area (Å²) in [6.45, 7) is 0.535. The Kier molecular flexibility index (Phi) is 4.19. The van der Waals surface area contributed by atoms with E-state index in [0.29, 0.717) is 25.3 Å². The molecule has 1 heterocycles. The van der Waals surface area contributed by atoms with E-state index in [2.05, 4.69) is 5.32 Å². The highest BCUT2D eigenvalue weighted by Crippen LogP contribution is 2.25. The van der Waals surface area contributed by atoms with E-state index in [0.717, 1.165) is 19.3 Å². The van der Waals surface area contributed by atoms with Gasteiger partial charge in [0, 0.05) is 6.54 Å². The molecule has 18 heavy (non-hydrogen) atoms. The van der Waals surface area contributed by atoms with Gasteiger partial charge < -0.3 is 20.3 Å². The molecule has 1 aliphatic carbocycles. The predicted octanol–water partition coefficient (Wildman–Crippen LogP) is -0.104. The highest BCUT2D eigenvalue weighted by Gasteiger charge is 2.35. The van der Waals surface area contributed by atoms with Crippen molar-refractivity contribution < 1.29 is 24.5 Å². The molecule has 0 spiro atoms. The third kappa shape index (κ3) is 3.20. The van der Waals surface area contributed by atoms with E-state index in [9.17, 15) is 14.7 Å². The minimum atomic E-state index is -1.01. The first-order valence-electron chi connectivity index (χ1n) is 6.40. The van der Waals surface area contributed by atoms with Gasteiger partial charge in [-0.1, -0.05) is 0 Å². The van der Waals surface area contributed by atoms with Crippen molar-refractivity contribution >= 4 is 11.9 Å². The lowest BCUT2D eigenvalue weighted by Crippen LogP contribution is -2.37. The summed E-state index contributed by atoms with van der Waals surface area (Å²) in [5.74, 6) is -0.926. The summed E-state index contributed by atoms with van der Waals surface area (Å²) in [6.07, 6.45) is 1.54. The maximum absolute atomic E-state index is 11.8. The number of carboxylic acids is 1. The Bertz CT molecular complexity index is 332. The van der Waals surface area contributed by atoms with Crippen LogP contribution in [-0.2, 0) is 14.3 Å². The Morgan fingerprint density at radius 2 is 1.89 bits per heavy atom. The number of nitrogens with one attached hydrogen (secondary N) is 1. The third-order valence-electron chi connectivity index (χ3n) is 3.67. The van der Waals surface area contributed by atoms with Crippen LogP contribution in [0.1, 0.15) is 32.1 Å². The molecule has 2 aliphatic rings. The molecule has 6 nitrogen and oxygen atoms in total. The van der Waals surface area contributed by atoms with E-state index in [4.69, 9.17) is 9.84 Å². The SMILES string of the molecule is O=C(O)C1CCC(C(=O)NCC2CCC(O)C2)O1. The number of carbonyl (C=O) groups excluding carboxylic acids is 1. The summed E-state index contributed by atoms with van der Waals surface area (Å²) < 4.78 is 5.16. The van der Waals surface area contributed by atoms with Gasteiger partial charge in [-0.25, -0.2) is 4.79 Å². The molecule has 0 aromatic carbocycles. The van der Waals surface area contributed by atoms with Gasteiger partial charge in [0.1, 0.15) is 6.10 Å². The van der Waals surface area contributed by atoms with Gasteiger partial charge in [-0.3, -0.25) is 4.79 Å². The number of ether oxygens (including phenoxy) is 1. The quantitative estimate of drug-likeness (QED) is 0.653. The summed E-state index contributed by atoms with van der Waals surface area (Å²) >= 11 is 0. The maximum atomic E-state index is 11.8. The molecule has 4 atom stereocenters. The van der Waals surface area contributed by atoms with E-state index >= 15 is 0 Å². The molecule has 2 fully saturated rings. The van der Waals surface area contributed by atoms with Gasteiger partial charge in [0.15, 0.2) is 6.10 Å². The van der Waals surface area contributed by atoms with Crippen LogP contribution in [0.2, 0.25) is 0 Å². The lowest BCUT2D eigenvalue weighted by atomic mass is 10.1. The average Bonchev–Trinajstić information content (AvgIpc) is 2.94. The molecule has 0 bridgehead atoms. The van der Waals surface area contributed by atoms with Gasteiger partial charge in [-0.2, -0.15) is 0 Å². The summed E-state index contributed by atoms with van der Waals surface area (Å²) in [5, 5.41) is 20.9. The highest BCUT2D eigenvalue weighted by molar-refractivity contribution is 5.82. The summed E-state index contributed by atoms with van der Waals surface area (Å²) in [7, 11) is 0. The number of aliphatic hydroxyl groups is 1. The Hall–Kier alpha value is -1.14. The largest absolute Gasteiger partial charge is 0.479 e. The Morgan fingerprint density at radius 1 is 1.17 bits per heavy atom. The summed E-state index contributed by atoms with van der Waals surface area (Å²) in [6, 6.07) is 0. The van der Waals surface area contributed by atoms with Gasteiger partial charge in [0.25, 0.3) is 0 Å². The molecule has 4 unspecified atom stereocenters. The van der Waals surface area contributed by atoms with Crippen molar-refractivity contribution in [1.29, 1.82) is 0 Å². The molecule has 0 radical (unpaired) electrons. The van der Waals surface area contributed by atoms with Gasteiger partial charge in [0.05, 0.1) is 6.10 Å². The second-order valence-corrected chi connectivity index (χ2v) is 5.11. The fraction of sp³-hybridized carbons (Fsp3) is 0.833.